The molecule has 2 N–H and O–H groups in total. The molecule has 0 saturated carbocycles. The summed E-state index contributed by atoms with van der Waals surface area (Å²) in [5.74, 6) is 0. The molecule has 0 radical (unpaired) electrons. The third-order valence-corrected chi connectivity index (χ3v) is 4.38. The monoisotopic (exact) mass is 254 g/mol. The first kappa shape index (κ1) is 12.8. The fourth-order valence-electron chi connectivity index (χ4n) is 2.63. The van der Waals surface area contributed by atoms with Crippen LogP contribution in [0, 0.1) is 12.3 Å². The Morgan fingerprint density at radius 3 is 2.71 bits per heavy atom. The molecule has 2 rings (SSSR count). The molecule has 17 heavy (non-hydrogen) atoms. The van der Waals surface area contributed by atoms with Gasteiger partial charge in [-0.3, -0.25) is 0 Å². The summed E-state index contributed by atoms with van der Waals surface area (Å²) < 4.78 is 0. The van der Waals surface area contributed by atoms with E-state index in [0.717, 1.165) is 29.8 Å². The molecule has 0 unspecified atom stereocenters. The van der Waals surface area contributed by atoms with Gasteiger partial charge >= 0.3 is 0 Å². The van der Waals surface area contributed by atoms with Crippen molar-refractivity contribution in [2.45, 2.75) is 39.5 Å². The molecule has 0 aromatic carbocycles. The summed E-state index contributed by atoms with van der Waals surface area (Å²) in [6, 6.07) is 0. The fourth-order valence-corrected chi connectivity index (χ4v) is 3.22. The van der Waals surface area contributed by atoms with Gasteiger partial charge in [-0.15, -0.1) is 10.2 Å². The van der Waals surface area contributed by atoms with Gasteiger partial charge in [0.25, 0.3) is 0 Å². The molecule has 0 amide bonds. The van der Waals surface area contributed by atoms with Crippen LogP contribution in [0.3, 0.4) is 0 Å². The Morgan fingerprint density at radius 2 is 2.12 bits per heavy atom. The van der Waals surface area contributed by atoms with E-state index >= 15 is 0 Å². The van der Waals surface area contributed by atoms with Crippen molar-refractivity contribution in [2.75, 3.05) is 25.0 Å². The summed E-state index contributed by atoms with van der Waals surface area (Å²) in [4.78, 5) is 0. The zero-order chi connectivity index (χ0) is 12.1. The van der Waals surface area contributed by atoms with Gasteiger partial charge in [-0.25, -0.2) is 0 Å². The maximum absolute atomic E-state index is 4.13. The van der Waals surface area contributed by atoms with Crippen molar-refractivity contribution in [3.05, 3.63) is 5.01 Å². The van der Waals surface area contributed by atoms with E-state index < -0.39 is 0 Å². The Balaban J connectivity index is 1.93. The molecular formula is C12H22N4S. The Morgan fingerprint density at radius 1 is 1.35 bits per heavy atom. The molecule has 1 aromatic heterocycles. The van der Waals surface area contributed by atoms with Crippen LogP contribution >= 0.6 is 11.3 Å². The predicted octanol–water partition coefficient (Wildman–Crippen LogP) is 2.43. The van der Waals surface area contributed by atoms with Crippen molar-refractivity contribution < 1.29 is 0 Å². The maximum Gasteiger partial charge on any atom is 0.205 e. The molecule has 0 spiro atoms. The van der Waals surface area contributed by atoms with Crippen molar-refractivity contribution in [3.63, 3.8) is 0 Å². The smallest absolute Gasteiger partial charge is 0.205 e. The molecule has 1 saturated heterocycles. The lowest BCUT2D eigenvalue weighted by Gasteiger charge is -2.37. The van der Waals surface area contributed by atoms with Crippen LogP contribution in [0.15, 0.2) is 0 Å². The second-order valence-corrected chi connectivity index (χ2v) is 6.16. The molecule has 5 heteroatoms. The van der Waals surface area contributed by atoms with Crippen LogP contribution in [0.5, 0.6) is 0 Å². The molecule has 0 aliphatic carbocycles. The first-order valence-corrected chi connectivity index (χ1v) is 7.30. The van der Waals surface area contributed by atoms with Crippen LogP contribution in [0.25, 0.3) is 0 Å². The molecule has 96 valence electrons. The molecule has 1 aliphatic rings. The molecule has 0 bridgehead atoms. The predicted molar refractivity (Wildman–Crippen MR) is 72.6 cm³/mol. The SMILES string of the molecule is CCCC1(CNc2nnc(C)s2)CCNCC1. The van der Waals surface area contributed by atoms with Gasteiger partial charge in [0.15, 0.2) is 0 Å². The first-order valence-electron chi connectivity index (χ1n) is 6.49. The third kappa shape index (κ3) is 3.39. The lowest BCUT2D eigenvalue weighted by Crippen LogP contribution is -2.41. The maximum atomic E-state index is 4.13. The zero-order valence-corrected chi connectivity index (χ0v) is 11.6. The molecule has 4 nitrogen and oxygen atoms in total. The molecule has 1 aliphatic heterocycles. The highest BCUT2D eigenvalue weighted by Gasteiger charge is 2.31. The highest BCUT2D eigenvalue weighted by atomic mass is 32.1. The molecule has 0 atom stereocenters. The fraction of sp³-hybridized carbons (Fsp3) is 0.833. The standard InChI is InChI=1S/C12H22N4S/c1-3-4-12(5-7-13-8-6-12)9-14-11-16-15-10(2)17-11/h13H,3-9H2,1-2H3,(H,14,16). The Labute approximate surface area is 107 Å². The minimum absolute atomic E-state index is 0.458. The second kappa shape index (κ2) is 5.78. The Hall–Kier alpha value is -0.680. The van der Waals surface area contributed by atoms with Gasteiger partial charge in [0.05, 0.1) is 0 Å². The summed E-state index contributed by atoms with van der Waals surface area (Å²) >= 11 is 1.64. The van der Waals surface area contributed by atoms with E-state index in [-0.39, 0.29) is 0 Å². The lowest BCUT2D eigenvalue weighted by molar-refractivity contribution is 0.199. The van der Waals surface area contributed by atoms with Gasteiger partial charge in [0.1, 0.15) is 5.01 Å². The number of aromatic nitrogens is 2. The lowest BCUT2D eigenvalue weighted by atomic mass is 9.75. The van der Waals surface area contributed by atoms with E-state index in [1.54, 1.807) is 11.3 Å². The summed E-state index contributed by atoms with van der Waals surface area (Å²) in [5.41, 5.74) is 0.458. The first-order chi connectivity index (χ1) is 8.24. The third-order valence-electron chi connectivity index (χ3n) is 3.59. The van der Waals surface area contributed by atoms with E-state index in [2.05, 4.69) is 27.8 Å². The van der Waals surface area contributed by atoms with Crippen molar-refractivity contribution >= 4 is 16.5 Å². The van der Waals surface area contributed by atoms with Gasteiger partial charge < -0.3 is 10.6 Å². The zero-order valence-electron chi connectivity index (χ0n) is 10.8. The van der Waals surface area contributed by atoms with Crippen molar-refractivity contribution in [2.24, 2.45) is 5.41 Å². The van der Waals surface area contributed by atoms with Gasteiger partial charge in [0.2, 0.25) is 5.13 Å². The topological polar surface area (TPSA) is 49.8 Å². The van der Waals surface area contributed by atoms with Crippen LogP contribution in [-0.4, -0.2) is 29.8 Å². The molecule has 2 heterocycles. The highest BCUT2D eigenvalue weighted by molar-refractivity contribution is 7.15. The average Bonchev–Trinajstić information content (AvgIpc) is 2.75. The normalized spacial score (nSPS) is 19.2. The van der Waals surface area contributed by atoms with Gasteiger partial charge in [-0.1, -0.05) is 24.7 Å². The molecule has 1 aromatic rings. The molecule has 1 fully saturated rings. The Bertz CT molecular complexity index is 339. The summed E-state index contributed by atoms with van der Waals surface area (Å²) in [6.07, 6.45) is 5.10. The van der Waals surface area contributed by atoms with Crippen LogP contribution in [-0.2, 0) is 0 Å². The quantitative estimate of drug-likeness (QED) is 0.847. The summed E-state index contributed by atoms with van der Waals surface area (Å²) in [5, 5.41) is 17.1. The van der Waals surface area contributed by atoms with E-state index in [1.807, 2.05) is 6.92 Å². The highest BCUT2D eigenvalue weighted by Crippen LogP contribution is 2.34. The number of hydrogen-bond donors (Lipinski definition) is 2. The second-order valence-electron chi connectivity index (χ2n) is 4.98. The largest absolute Gasteiger partial charge is 0.360 e. The van der Waals surface area contributed by atoms with Gasteiger partial charge in [0, 0.05) is 6.54 Å². The summed E-state index contributed by atoms with van der Waals surface area (Å²) in [6.45, 7) is 7.61. The minimum Gasteiger partial charge on any atom is -0.360 e. The van der Waals surface area contributed by atoms with Crippen molar-refractivity contribution in [1.29, 1.82) is 0 Å². The summed E-state index contributed by atoms with van der Waals surface area (Å²) in [7, 11) is 0. The number of nitrogens with zero attached hydrogens (tertiary/aromatic N) is 2. The van der Waals surface area contributed by atoms with Crippen LogP contribution in [0.2, 0.25) is 0 Å². The number of hydrogen-bond acceptors (Lipinski definition) is 5. The molecular weight excluding hydrogens is 232 g/mol. The number of aryl methyl sites for hydroxylation is 1. The van der Waals surface area contributed by atoms with E-state index in [0.29, 0.717) is 5.41 Å². The van der Waals surface area contributed by atoms with Gasteiger partial charge in [-0.05, 0) is 44.7 Å². The van der Waals surface area contributed by atoms with Gasteiger partial charge in [-0.2, -0.15) is 0 Å². The Kier molecular flexibility index (Phi) is 4.34. The van der Waals surface area contributed by atoms with Crippen LogP contribution in [0.4, 0.5) is 5.13 Å². The van der Waals surface area contributed by atoms with E-state index in [9.17, 15) is 0 Å². The number of anilines is 1. The van der Waals surface area contributed by atoms with Crippen molar-refractivity contribution in [3.8, 4) is 0 Å². The van der Waals surface area contributed by atoms with Crippen LogP contribution in [0.1, 0.15) is 37.6 Å². The van der Waals surface area contributed by atoms with E-state index in [1.165, 1.54) is 25.7 Å². The number of nitrogens with one attached hydrogen (secondary N) is 2. The van der Waals surface area contributed by atoms with E-state index in [4.69, 9.17) is 0 Å². The average molecular weight is 254 g/mol. The number of piperidine rings is 1. The minimum atomic E-state index is 0.458. The van der Waals surface area contributed by atoms with Crippen molar-refractivity contribution in [1.82, 2.24) is 15.5 Å². The number of rotatable bonds is 5. The van der Waals surface area contributed by atoms with Crippen LogP contribution < -0.4 is 10.6 Å².